The van der Waals surface area contributed by atoms with Gasteiger partial charge in [-0.3, -0.25) is 0 Å². The second kappa shape index (κ2) is 13.3. The number of benzene rings is 8. The summed E-state index contributed by atoms with van der Waals surface area (Å²) in [5.41, 5.74) is 6.14. The first-order chi connectivity index (χ1) is 31.9. The first-order valence-electron chi connectivity index (χ1n) is 23.0. The van der Waals surface area contributed by atoms with Crippen molar-refractivity contribution in [1.29, 1.82) is 0 Å². The van der Waals surface area contributed by atoms with E-state index in [1.165, 1.54) is 0 Å². The fraction of sp³-hybridized carbons (Fsp3) is 0. The molecule has 0 bridgehead atoms. The van der Waals surface area contributed by atoms with E-state index in [0.29, 0.717) is 16.7 Å². The lowest BCUT2D eigenvalue weighted by Gasteiger charge is -2.14. The van der Waals surface area contributed by atoms with Crippen LogP contribution in [0.3, 0.4) is 0 Å². The van der Waals surface area contributed by atoms with Crippen molar-refractivity contribution in [2.45, 2.75) is 0 Å². The number of aromatic nitrogens is 4. The molecule has 0 aliphatic rings. The van der Waals surface area contributed by atoms with Gasteiger partial charge in [0, 0.05) is 53.3 Å². The zero-order valence-corrected chi connectivity index (χ0v) is 30.2. The molecule has 0 atom stereocenters. The smallest absolute Gasteiger partial charge is 0.165 e. The third-order valence-electron chi connectivity index (χ3n) is 10.0. The molecule has 3 heterocycles. The van der Waals surface area contributed by atoms with Crippen molar-refractivity contribution >= 4 is 53.3 Å². The minimum Gasteiger partial charge on any atom is -0.309 e. The van der Waals surface area contributed by atoms with Crippen LogP contribution in [0.5, 0.6) is 0 Å². The SMILES string of the molecule is [2H]c1c([2H])c([2H])c(-c2ccc3c(c2)c2ccccc2n3-c2cc(-c3nc(-c4ccccc4)nc(-c4c([2H])c([2H])c([2H])c([2H])c4[2H])n3)c3sc4cccc(-c5ccccc5)c4c3c2)c([2H])c1[2H]. The lowest BCUT2D eigenvalue weighted by molar-refractivity contribution is 1.07. The molecule has 0 saturated heterocycles. The lowest BCUT2D eigenvalue weighted by atomic mass is 9.98. The minimum absolute atomic E-state index is 0.0717. The molecule has 3 aromatic heterocycles. The molecule has 0 aliphatic heterocycles. The molecule has 0 amide bonds. The third kappa shape index (κ3) is 5.40. The summed E-state index contributed by atoms with van der Waals surface area (Å²) < 4.78 is 89.6. The van der Waals surface area contributed by atoms with E-state index in [9.17, 15) is 0 Å². The number of fused-ring (bicyclic) bond motifs is 6. The van der Waals surface area contributed by atoms with Crippen molar-refractivity contribution < 1.29 is 13.7 Å². The summed E-state index contributed by atoms with van der Waals surface area (Å²) in [6, 6.07) is 39.0. The number of para-hydroxylation sites is 1. The van der Waals surface area contributed by atoms with Crippen LogP contribution in [-0.4, -0.2) is 19.5 Å². The zero-order valence-electron chi connectivity index (χ0n) is 39.4. The Hall–Kier alpha value is -7.21. The Bertz CT molecular complexity index is 3780. The molecule has 0 saturated carbocycles. The summed E-state index contributed by atoms with van der Waals surface area (Å²) in [6.07, 6.45) is 0. The van der Waals surface area contributed by atoms with Gasteiger partial charge in [0.2, 0.25) is 0 Å². The van der Waals surface area contributed by atoms with Crippen LogP contribution >= 0.6 is 11.3 Å². The van der Waals surface area contributed by atoms with E-state index in [-0.39, 0.29) is 40.7 Å². The molecule has 11 rings (SSSR count). The quantitative estimate of drug-likeness (QED) is 0.170. The second-order valence-corrected chi connectivity index (χ2v) is 14.3. The van der Waals surface area contributed by atoms with Crippen molar-refractivity contribution in [2.75, 3.05) is 0 Å². The zero-order chi connectivity index (χ0) is 45.7. The van der Waals surface area contributed by atoms with E-state index >= 15 is 0 Å². The highest BCUT2D eigenvalue weighted by Gasteiger charge is 2.22. The molecule has 0 aliphatic carbocycles. The fourth-order valence-electron chi connectivity index (χ4n) is 7.55. The van der Waals surface area contributed by atoms with E-state index in [4.69, 9.17) is 28.7 Å². The summed E-state index contributed by atoms with van der Waals surface area (Å²) in [4.78, 5) is 14.9. The monoisotopic (exact) mass is 742 g/mol. The standard InChI is InChI=1S/C51H32N4S/c1-5-16-33(17-6-1)37-28-29-45-41(30-37)40-24-13-14-26-44(40)55(45)38-31-42-47-39(34-18-7-2-8-19-34)25-15-27-46(47)56-48(42)43(32-38)51-53-49(35-20-9-3-10-21-35)52-50(54-51)36-22-11-4-12-23-36/h1-32H/i1D,3D,5D,6D,9D,10D,16D,17D,20D,21D. The van der Waals surface area contributed by atoms with E-state index in [2.05, 4.69) is 34.9 Å². The first kappa shape index (κ1) is 23.5. The molecular weight excluding hydrogens is 701 g/mol. The fourth-order valence-corrected chi connectivity index (χ4v) is 8.77. The van der Waals surface area contributed by atoms with Gasteiger partial charge in [-0.05, 0) is 58.7 Å². The van der Waals surface area contributed by atoms with E-state index < -0.39 is 48.3 Å². The van der Waals surface area contributed by atoms with Crippen LogP contribution in [0.2, 0.25) is 0 Å². The van der Waals surface area contributed by atoms with Crippen molar-refractivity contribution in [3.8, 4) is 62.1 Å². The van der Waals surface area contributed by atoms with Crippen LogP contribution in [0.4, 0.5) is 0 Å². The van der Waals surface area contributed by atoms with Crippen molar-refractivity contribution in [3.63, 3.8) is 0 Å². The Labute approximate surface area is 341 Å². The largest absolute Gasteiger partial charge is 0.309 e. The average Bonchev–Trinajstić information content (AvgIpc) is 3.90. The van der Waals surface area contributed by atoms with Gasteiger partial charge in [-0.1, -0.05) is 157 Å². The van der Waals surface area contributed by atoms with Gasteiger partial charge in [-0.15, -0.1) is 11.3 Å². The number of hydrogen-bond donors (Lipinski definition) is 0. The molecule has 56 heavy (non-hydrogen) atoms. The van der Waals surface area contributed by atoms with Crippen molar-refractivity contribution in [1.82, 2.24) is 19.5 Å². The topological polar surface area (TPSA) is 43.6 Å². The van der Waals surface area contributed by atoms with Crippen LogP contribution in [0.15, 0.2) is 194 Å². The molecule has 0 fully saturated rings. The summed E-state index contributed by atoms with van der Waals surface area (Å²) in [7, 11) is 0. The Morgan fingerprint density at radius 2 is 1.07 bits per heavy atom. The van der Waals surface area contributed by atoms with E-state index in [1.54, 1.807) is 17.4 Å². The molecule has 5 heteroatoms. The van der Waals surface area contributed by atoms with Gasteiger partial charge in [0.15, 0.2) is 17.5 Å². The van der Waals surface area contributed by atoms with Gasteiger partial charge >= 0.3 is 0 Å². The maximum absolute atomic E-state index is 8.92. The van der Waals surface area contributed by atoms with Crippen LogP contribution in [0.1, 0.15) is 13.7 Å². The Kier molecular flexibility index (Phi) is 5.58. The average molecular weight is 743 g/mol. The Morgan fingerprint density at radius 1 is 0.429 bits per heavy atom. The van der Waals surface area contributed by atoms with Crippen LogP contribution in [0.25, 0.3) is 104 Å². The molecule has 11 aromatic rings. The van der Waals surface area contributed by atoms with E-state index in [0.717, 1.165) is 58.8 Å². The highest BCUT2D eigenvalue weighted by atomic mass is 32.1. The van der Waals surface area contributed by atoms with Gasteiger partial charge in [0.1, 0.15) is 0 Å². The van der Waals surface area contributed by atoms with Crippen molar-refractivity contribution in [2.24, 2.45) is 0 Å². The summed E-state index contributed by atoms with van der Waals surface area (Å²) in [6.45, 7) is 0. The number of thiophene rings is 1. The normalized spacial score (nSPS) is 14.1. The first-order valence-corrected chi connectivity index (χ1v) is 18.8. The maximum atomic E-state index is 8.92. The lowest BCUT2D eigenvalue weighted by Crippen LogP contribution is -2.01. The second-order valence-electron chi connectivity index (χ2n) is 13.3. The van der Waals surface area contributed by atoms with Crippen LogP contribution in [0, 0.1) is 0 Å². The molecule has 8 aromatic carbocycles. The van der Waals surface area contributed by atoms with Crippen LogP contribution in [-0.2, 0) is 0 Å². The number of hydrogen-bond acceptors (Lipinski definition) is 4. The van der Waals surface area contributed by atoms with Gasteiger partial charge in [0.05, 0.1) is 24.7 Å². The predicted octanol–water partition coefficient (Wildman–Crippen LogP) is 13.7. The van der Waals surface area contributed by atoms with Gasteiger partial charge < -0.3 is 4.57 Å². The van der Waals surface area contributed by atoms with Gasteiger partial charge in [-0.25, -0.2) is 15.0 Å². The molecule has 4 nitrogen and oxygen atoms in total. The highest BCUT2D eigenvalue weighted by molar-refractivity contribution is 7.26. The summed E-state index contributed by atoms with van der Waals surface area (Å²) >= 11 is 1.58. The molecule has 0 radical (unpaired) electrons. The van der Waals surface area contributed by atoms with Crippen molar-refractivity contribution in [3.05, 3.63) is 194 Å². The van der Waals surface area contributed by atoms with E-state index in [1.807, 2.05) is 97.1 Å². The third-order valence-corrected chi connectivity index (χ3v) is 11.2. The van der Waals surface area contributed by atoms with Crippen LogP contribution < -0.4 is 0 Å². The van der Waals surface area contributed by atoms with Gasteiger partial charge in [-0.2, -0.15) is 0 Å². The molecule has 0 N–H and O–H groups in total. The minimum atomic E-state index is -0.521. The summed E-state index contributed by atoms with van der Waals surface area (Å²) in [5, 5.41) is 3.60. The number of nitrogens with zero attached hydrogens (tertiary/aromatic N) is 4. The molecule has 262 valence electrons. The summed E-state index contributed by atoms with van der Waals surface area (Å²) in [5.74, 6) is 0.413. The Morgan fingerprint density at radius 3 is 1.84 bits per heavy atom. The molecule has 0 unspecified atom stereocenters. The number of rotatable bonds is 6. The molecule has 0 spiro atoms. The highest BCUT2D eigenvalue weighted by Crippen LogP contribution is 2.46. The Balaban J connectivity index is 1.25. The molecular formula is C51H32N4S. The maximum Gasteiger partial charge on any atom is 0.165 e. The van der Waals surface area contributed by atoms with Gasteiger partial charge in [0.25, 0.3) is 0 Å². The predicted molar refractivity (Wildman–Crippen MR) is 234 cm³/mol.